The van der Waals surface area contributed by atoms with Crippen LogP contribution >= 0.6 is 0 Å². The molecule has 0 amide bonds. The van der Waals surface area contributed by atoms with Crippen LogP contribution in [0.3, 0.4) is 0 Å². The Kier molecular flexibility index (Phi) is 4.74. The first-order chi connectivity index (χ1) is 8.17. The van der Waals surface area contributed by atoms with Crippen LogP contribution < -0.4 is 4.72 Å². The van der Waals surface area contributed by atoms with Gasteiger partial charge in [0.25, 0.3) is 10.2 Å². The van der Waals surface area contributed by atoms with Crippen molar-refractivity contribution in [3.8, 4) is 0 Å². The third-order valence-corrected chi connectivity index (χ3v) is 4.43. The van der Waals surface area contributed by atoms with E-state index in [9.17, 15) is 13.2 Å². The molecule has 6 nitrogen and oxygen atoms in total. The highest BCUT2D eigenvalue weighted by atomic mass is 32.2. The van der Waals surface area contributed by atoms with Crippen LogP contribution in [0.4, 0.5) is 0 Å². The Morgan fingerprint density at radius 1 is 1.44 bits per heavy atom. The summed E-state index contributed by atoms with van der Waals surface area (Å²) in [5.41, 5.74) is -0.569. The van der Waals surface area contributed by atoms with Crippen LogP contribution in [0.2, 0.25) is 0 Å². The van der Waals surface area contributed by atoms with E-state index < -0.39 is 27.8 Å². The second kappa shape index (κ2) is 5.54. The van der Waals surface area contributed by atoms with E-state index in [1.54, 1.807) is 27.7 Å². The van der Waals surface area contributed by atoms with Crippen molar-refractivity contribution < 1.29 is 17.9 Å². The van der Waals surface area contributed by atoms with E-state index in [-0.39, 0.29) is 6.61 Å². The van der Waals surface area contributed by atoms with Gasteiger partial charge in [-0.1, -0.05) is 0 Å². The minimum atomic E-state index is -3.65. The summed E-state index contributed by atoms with van der Waals surface area (Å²) in [4.78, 5) is 11.7. The van der Waals surface area contributed by atoms with Crippen molar-refractivity contribution in [3.05, 3.63) is 0 Å². The van der Waals surface area contributed by atoms with Gasteiger partial charge in [0.1, 0.15) is 6.04 Å². The average molecular weight is 278 g/mol. The Balaban J connectivity index is 2.84. The maximum atomic E-state index is 12.2. The standard InChI is InChI=1S/C11H22N2O4S/c1-5-17-10(14)9-7-6-8-13(9)18(15,16)12-11(2,3)4/h9,12H,5-8H2,1-4H3. The van der Waals surface area contributed by atoms with E-state index in [1.165, 1.54) is 4.31 Å². The fourth-order valence-electron chi connectivity index (χ4n) is 1.95. The minimum Gasteiger partial charge on any atom is -0.465 e. The van der Waals surface area contributed by atoms with E-state index >= 15 is 0 Å². The second-order valence-corrected chi connectivity index (χ2v) is 7.00. The van der Waals surface area contributed by atoms with Crippen LogP contribution in [0, 0.1) is 0 Å². The Morgan fingerprint density at radius 3 is 2.56 bits per heavy atom. The van der Waals surface area contributed by atoms with Crippen LogP contribution in [-0.4, -0.2) is 43.4 Å². The quantitative estimate of drug-likeness (QED) is 0.766. The molecule has 1 fully saturated rings. The van der Waals surface area contributed by atoms with Gasteiger partial charge in [-0.2, -0.15) is 17.4 Å². The lowest BCUT2D eigenvalue weighted by Crippen LogP contribution is -2.52. The Labute approximate surface area is 109 Å². The molecule has 7 heteroatoms. The van der Waals surface area contributed by atoms with Crippen LogP contribution in [0.25, 0.3) is 0 Å². The topological polar surface area (TPSA) is 75.7 Å². The summed E-state index contributed by atoms with van der Waals surface area (Å²) in [7, 11) is -3.65. The molecule has 18 heavy (non-hydrogen) atoms. The zero-order valence-corrected chi connectivity index (χ0v) is 12.2. The second-order valence-electron chi connectivity index (χ2n) is 5.38. The van der Waals surface area contributed by atoms with Gasteiger partial charge in [-0.25, -0.2) is 0 Å². The first kappa shape index (κ1) is 15.4. The van der Waals surface area contributed by atoms with Gasteiger partial charge < -0.3 is 4.74 Å². The summed E-state index contributed by atoms with van der Waals surface area (Å²) in [6, 6.07) is -0.690. The van der Waals surface area contributed by atoms with E-state index in [0.29, 0.717) is 19.4 Å². The predicted molar refractivity (Wildman–Crippen MR) is 68.2 cm³/mol. The van der Waals surface area contributed by atoms with Crippen molar-refractivity contribution in [3.63, 3.8) is 0 Å². The lowest BCUT2D eigenvalue weighted by molar-refractivity contribution is -0.146. The molecule has 1 saturated heterocycles. The lowest BCUT2D eigenvalue weighted by atomic mass is 10.1. The summed E-state index contributed by atoms with van der Waals surface area (Å²) in [5.74, 6) is -0.464. The van der Waals surface area contributed by atoms with Crippen molar-refractivity contribution >= 4 is 16.2 Å². The highest BCUT2D eigenvalue weighted by Crippen LogP contribution is 2.22. The van der Waals surface area contributed by atoms with Gasteiger partial charge in [0.15, 0.2) is 0 Å². The maximum absolute atomic E-state index is 12.2. The number of nitrogens with one attached hydrogen (secondary N) is 1. The minimum absolute atomic E-state index is 0.260. The molecular weight excluding hydrogens is 256 g/mol. The highest BCUT2D eigenvalue weighted by molar-refractivity contribution is 7.87. The van der Waals surface area contributed by atoms with Crippen LogP contribution in [0.1, 0.15) is 40.5 Å². The summed E-state index contributed by atoms with van der Waals surface area (Å²) in [5, 5.41) is 0. The first-order valence-electron chi connectivity index (χ1n) is 6.15. The number of carbonyl (C=O) groups is 1. The molecule has 0 saturated carbocycles. The van der Waals surface area contributed by atoms with Crippen molar-refractivity contribution in [2.45, 2.75) is 52.1 Å². The van der Waals surface area contributed by atoms with Crippen molar-refractivity contribution in [2.75, 3.05) is 13.2 Å². The summed E-state index contributed by atoms with van der Waals surface area (Å²) >= 11 is 0. The smallest absolute Gasteiger partial charge is 0.324 e. The van der Waals surface area contributed by atoms with Gasteiger partial charge in [-0.15, -0.1) is 0 Å². The van der Waals surface area contributed by atoms with Gasteiger partial charge in [-0.05, 0) is 40.5 Å². The molecule has 1 aliphatic rings. The predicted octanol–water partition coefficient (Wildman–Crippen LogP) is 0.647. The van der Waals surface area contributed by atoms with Crippen LogP contribution in [0.5, 0.6) is 0 Å². The number of esters is 1. The molecule has 0 spiro atoms. The third-order valence-electron chi connectivity index (χ3n) is 2.51. The third kappa shape index (κ3) is 3.93. The van der Waals surface area contributed by atoms with E-state index in [2.05, 4.69) is 4.72 Å². The monoisotopic (exact) mass is 278 g/mol. The SMILES string of the molecule is CCOC(=O)C1CCCN1S(=O)(=O)NC(C)(C)C. The van der Waals surface area contributed by atoms with Gasteiger partial charge in [0.2, 0.25) is 0 Å². The van der Waals surface area contributed by atoms with Gasteiger partial charge in [0, 0.05) is 12.1 Å². The molecule has 0 aromatic heterocycles. The summed E-state index contributed by atoms with van der Waals surface area (Å²) in [6.07, 6.45) is 1.19. The van der Waals surface area contributed by atoms with Crippen molar-refractivity contribution in [2.24, 2.45) is 0 Å². The maximum Gasteiger partial charge on any atom is 0.324 e. The summed E-state index contributed by atoms with van der Waals surface area (Å²) < 4.78 is 33.0. The molecule has 0 aliphatic carbocycles. The largest absolute Gasteiger partial charge is 0.465 e. The summed E-state index contributed by atoms with van der Waals surface area (Å²) in [6.45, 7) is 7.61. The fourth-order valence-corrected chi connectivity index (χ4v) is 3.73. The molecule has 1 heterocycles. The molecule has 0 aromatic carbocycles. The van der Waals surface area contributed by atoms with E-state index in [4.69, 9.17) is 4.74 Å². The number of hydrogen-bond acceptors (Lipinski definition) is 4. The number of hydrogen-bond donors (Lipinski definition) is 1. The number of nitrogens with zero attached hydrogens (tertiary/aromatic N) is 1. The zero-order chi connectivity index (χ0) is 14.0. The van der Waals surface area contributed by atoms with E-state index in [1.807, 2.05) is 0 Å². The van der Waals surface area contributed by atoms with Crippen molar-refractivity contribution in [1.29, 1.82) is 0 Å². The first-order valence-corrected chi connectivity index (χ1v) is 7.59. The number of carbonyl (C=O) groups excluding carboxylic acids is 1. The fraction of sp³-hybridized carbons (Fsp3) is 0.909. The zero-order valence-electron chi connectivity index (χ0n) is 11.4. The normalized spacial score (nSPS) is 22.1. The average Bonchev–Trinajstić information content (AvgIpc) is 2.62. The molecule has 1 unspecified atom stereocenters. The molecular formula is C11H22N2O4S. The number of rotatable bonds is 4. The van der Waals surface area contributed by atoms with Crippen molar-refractivity contribution in [1.82, 2.24) is 9.03 Å². The highest BCUT2D eigenvalue weighted by Gasteiger charge is 2.40. The Bertz CT molecular complexity index is 400. The van der Waals surface area contributed by atoms with E-state index in [0.717, 1.165) is 0 Å². The molecule has 1 rings (SSSR count). The Morgan fingerprint density at radius 2 is 2.06 bits per heavy atom. The van der Waals surface area contributed by atoms with Gasteiger partial charge in [-0.3, -0.25) is 4.79 Å². The molecule has 106 valence electrons. The lowest BCUT2D eigenvalue weighted by Gasteiger charge is -2.27. The molecule has 1 N–H and O–H groups in total. The molecule has 0 bridgehead atoms. The van der Waals surface area contributed by atoms with Crippen LogP contribution in [-0.2, 0) is 19.7 Å². The molecule has 1 aliphatic heterocycles. The van der Waals surface area contributed by atoms with Gasteiger partial charge in [0.05, 0.1) is 6.61 Å². The Hall–Kier alpha value is -0.660. The molecule has 1 atom stereocenters. The van der Waals surface area contributed by atoms with Crippen LogP contribution in [0.15, 0.2) is 0 Å². The van der Waals surface area contributed by atoms with Gasteiger partial charge >= 0.3 is 5.97 Å². The molecule has 0 aromatic rings. The number of ether oxygens (including phenoxy) is 1. The molecule has 0 radical (unpaired) electrons.